The third-order valence-electron chi connectivity index (χ3n) is 3.12. The van der Waals surface area contributed by atoms with Crippen molar-refractivity contribution in [3.05, 3.63) is 17.8 Å². The standard InChI is InChI=1S/C12H17N5O2/c1-3-9-11(18)14-6-7-17(9)12(19)8-4-5-10(13-2)16-15-8/h4-5,9H,3,6-7H2,1-2H3,(H,13,16)(H,14,18). The summed E-state index contributed by atoms with van der Waals surface area (Å²) >= 11 is 0. The predicted octanol–water partition coefficient (Wildman–Crippen LogP) is -0.131. The lowest BCUT2D eigenvalue weighted by atomic mass is 10.1. The van der Waals surface area contributed by atoms with Crippen LogP contribution in [0.15, 0.2) is 12.1 Å². The third-order valence-corrected chi connectivity index (χ3v) is 3.12. The van der Waals surface area contributed by atoms with E-state index < -0.39 is 6.04 Å². The van der Waals surface area contributed by atoms with Crippen molar-refractivity contribution in [2.75, 3.05) is 25.5 Å². The number of carbonyl (C=O) groups excluding carboxylic acids is 2. The van der Waals surface area contributed by atoms with Gasteiger partial charge in [-0.05, 0) is 18.6 Å². The zero-order valence-electron chi connectivity index (χ0n) is 11.0. The number of rotatable bonds is 3. The van der Waals surface area contributed by atoms with Gasteiger partial charge in [-0.1, -0.05) is 6.92 Å². The minimum Gasteiger partial charge on any atom is -0.372 e. The van der Waals surface area contributed by atoms with Crippen LogP contribution in [0.1, 0.15) is 23.8 Å². The first-order valence-electron chi connectivity index (χ1n) is 6.27. The quantitative estimate of drug-likeness (QED) is 0.793. The molecule has 1 aliphatic heterocycles. The summed E-state index contributed by atoms with van der Waals surface area (Å²) < 4.78 is 0. The summed E-state index contributed by atoms with van der Waals surface area (Å²) in [5.41, 5.74) is 0.257. The van der Waals surface area contributed by atoms with E-state index in [1.165, 1.54) is 0 Å². The Morgan fingerprint density at radius 1 is 1.53 bits per heavy atom. The van der Waals surface area contributed by atoms with E-state index in [0.717, 1.165) is 0 Å². The van der Waals surface area contributed by atoms with Crippen LogP contribution in [0.25, 0.3) is 0 Å². The molecule has 0 saturated carbocycles. The molecule has 19 heavy (non-hydrogen) atoms. The Kier molecular flexibility index (Phi) is 3.94. The van der Waals surface area contributed by atoms with Gasteiger partial charge in [-0.25, -0.2) is 0 Å². The van der Waals surface area contributed by atoms with Crippen LogP contribution in [-0.2, 0) is 4.79 Å². The summed E-state index contributed by atoms with van der Waals surface area (Å²) in [4.78, 5) is 25.6. The Bertz CT molecular complexity index is 474. The molecule has 2 amide bonds. The van der Waals surface area contributed by atoms with E-state index in [4.69, 9.17) is 0 Å². The average molecular weight is 263 g/mol. The molecule has 0 radical (unpaired) electrons. The number of carbonyl (C=O) groups is 2. The molecule has 1 saturated heterocycles. The molecule has 0 aromatic carbocycles. The number of piperazine rings is 1. The van der Waals surface area contributed by atoms with Crippen LogP contribution >= 0.6 is 0 Å². The lowest BCUT2D eigenvalue weighted by Crippen LogP contribution is -2.57. The molecule has 102 valence electrons. The van der Waals surface area contributed by atoms with Gasteiger partial charge in [-0.3, -0.25) is 9.59 Å². The van der Waals surface area contributed by atoms with E-state index in [9.17, 15) is 9.59 Å². The first kappa shape index (κ1) is 13.3. The monoisotopic (exact) mass is 263 g/mol. The summed E-state index contributed by atoms with van der Waals surface area (Å²) in [6.45, 7) is 2.85. The fourth-order valence-electron chi connectivity index (χ4n) is 2.09. The largest absolute Gasteiger partial charge is 0.372 e. The normalized spacial score (nSPS) is 18.9. The van der Waals surface area contributed by atoms with Crippen LogP contribution in [0.3, 0.4) is 0 Å². The van der Waals surface area contributed by atoms with Gasteiger partial charge in [0.25, 0.3) is 5.91 Å². The summed E-state index contributed by atoms with van der Waals surface area (Å²) in [6, 6.07) is 2.87. The minimum absolute atomic E-state index is 0.109. The SMILES string of the molecule is CCC1C(=O)NCCN1C(=O)c1ccc(NC)nn1. The van der Waals surface area contributed by atoms with Crippen LogP contribution in [-0.4, -0.2) is 53.1 Å². The van der Waals surface area contributed by atoms with E-state index in [1.807, 2.05) is 6.92 Å². The van der Waals surface area contributed by atoms with E-state index in [0.29, 0.717) is 25.3 Å². The highest BCUT2D eigenvalue weighted by molar-refractivity contribution is 5.96. The first-order chi connectivity index (χ1) is 9.17. The molecule has 0 spiro atoms. The highest BCUT2D eigenvalue weighted by Gasteiger charge is 2.32. The van der Waals surface area contributed by atoms with Gasteiger partial charge in [-0.15, -0.1) is 10.2 Å². The molecule has 7 nitrogen and oxygen atoms in total. The highest BCUT2D eigenvalue weighted by Crippen LogP contribution is 2.12. The van der Waals surface area contributed by atoms with E-state index in [1.54, 1.807) is 24.1 Å². The minimum atomic E-state index is -0.424. The van der Waals surface area contributed by atoms with Crippen molar-refractivity contribution >= 4 is 17.6 Å². The van der Waals surface area contributed by atoms with Gasteiger partial charge >= 0.3 is 0 Å². The Morgan fingerprint density at radius 2 is 2.32 bits per heavy atom. The van der Waals surface area contributed by atoms with Crippen molar-refractivity contribution in [3.8, 4) is 0 Å². The topological polar surface area (TPSA) is 87.2 Å². The zero-order chi connectivity index (χ0) is 13.8. The van der Waals surface area contributed by atoms with Crippen molar-refractivity contribution in [2.24, 2.45) is 0 Å². The molecule has 0 bridgehead atoms. The Hall–Kier alpha value is -2.18. The van der Waals surface area contributed by atoms with Crippen LogP contribution < -0.4 is 10.6 Å². The average Bonchev–Trinajstić information content (AvgIpc) is 2.46. The van der Waals surface area contributed by atoms with Gasteiger partial charge in [-0.2, -0.15) is 0 Å². The number of anilines is 1. The molecule has 1 atom stereocenters. The van der Waals surface area contributed by atoms with Crippen molar-refractivity contribution < 1.29 is 9.59 Å². The smallest absolute Gasteiger partial charge is 0.275 e. The Labute approximate surface area is 111 Å². The van der Waals surface area contributed by atoms with Crippen molar-refractivity contribution in [1.29, 1.82) is 0 Å². The number of aromatic nitrogens is 2. The van der Waals surface area contributed by atoms with E-state index >= 15 is 0 Å². The van der Waals surface area contributed by atoms with E-state index in [2.05, 4.69) is 20.8 Å². The van der Waals surface area contributed by atoms with Gasteiger partial charge in [0.05, 0.1) is 0 Å². The van der Waals surface area contributed by atoms with Crippen LogP contribution in [0, 0.1) is 0 Å². The lowest BCUT2D eigenvalue weighted by Gasteiger charge is -2.34. The number of hydrogen-bond acceptors (Lipinski definition) is 5. The van der Waals surface area contributed by atoms with Crippen molar-refractivity contribution in [3.63, 3.8) is 0 Å². The zero-order valence-corrected chi connectivity index (χ0v) is 11.0. The maximum absolute atomic E-state index is 12.3. The number of nitrogens with zero attached hydrogens (tertiary/aromatic N) is 3. The van der Waals surface area contributed by atoms with Gasteiger partial charge in [0.2, 0.25) is 5.91 Å². The number of amides is 2. The second-order valence-electron chi connectivity index (χ2n) is 4.27. The van der Waals surface area contributed by atoms with Crippen LogP contribution in [0.2, 0.25) is 0 Å². The highest BCUT2D eigenvalue weighted by atomic mass is 16.2. The molecule has 1 aromatic rings. The number of hydrogen-bond donors (Lipinski definition) is 2. The fourth-order valence-corrected chi connectivity index (χ4v) is 2.09. The van der Waals surface area contributed by atoms with Gasteiger partial charge < -0.3 is 15.5 Å². The Morgan fingerprint density at radius 3 is 2.89 bits per heavy atom. The maximum atomic E-state index is 12.3. The molecule has 0 aliphatic carbocycles. The van der Waals surface area contributed by atoms with Gasteiger partial charge in [0.15, 0.2) is 5.69 Å². The summed E-state index contributed by atoms with van der Waals surface area (Å²) in [5, 5.41) is 13.4. The van der Waals surface area contributed by atoms with Crippen LogP contribution in [0.5, 0.6) is 0 Å². The molecule has 1 aromatic heterocycles. The predicted molar refractivity (Wildman–Crippen MR) is 69.7 cm³/mol. The van der Waals surface area contributed by atoms with Gasteiger partial charge in [0, 0.05) is 20.1 Å². The molecule has 1 aliphatic rings. The van der Waals surface area contributed by atoms with Crippen molar-refractivity contribution in [1.82, 2.24) is 20.4 Å². The first-order valence-corrected chi connectivity index (χ1v) is 6.27. The maximum Gasteiger partial charge on any atom is 0.275 e. The Balaban J connectivity index is 2.19. The summed E-state index contributed by atoms with van der Waals surface area (Å²) in [7, 11) is 1.73. The van der Waals surface area contributed by atoms with Gasteiger partial charge in [0.1, 0.15) is 11.9 Å². The van der Waals surface area contributed by atoms with Crippen LogP contribution in [0.4, 0.5) is 5.82 Å². The van der Waals surface area contributed by atoms with Crippen molar-refractivity contribution in [2.45, 2.75) is 19.4 Å². The second kappa shape index (κ2) is 5.64. The lowest BCUT2D eigenvalue weighted by molar-refractivity contribution is -0.127. The molecule has 1 fully saturated rings. The second-order valence-corrected chi connectivity index (χ2v) is 4.27. The summed E-state index contributed by atoms with van der Waals surface area (Å²) in [5.74, 6) is 0.235. The molecule has 2 rings (SSSR count). The molecular weight excluding hydrogens is 246 g/mol. The summed E-state index contributed by atoms with van der Waals surface area (Å²) in [6.07, 6.45) is 0.583. The molecular formula is C12H17N5O2. The molecule has 1 unspecified atom stereocenters. The molecule has 2 N–H and O–H groups in total. The molecule has 2 heterocycles. The molecule has 7 heteroatoms. The van der Waals surface area contributed by atoms with E-state index in [-0.39, 0.29) is 17.5 Å². The number of nitrogens with one attached hydrogen (secondary N) is 2. The third kappa shape index (κ3) is 2.64. The fraction of sp³-hybridized carbons (Fsp3) is 0.500.